The number of anilines is 1. The third-order valence-corrected chi connectivity index (χ3v) is 10.9. The van der Waals surface area contributed by atoms with Crippen LogP contribution >= 0.6 is 0 Å². The van der Waals surface area contributed by atoms with Crippen LogP contribution in [0.4, 0.5) is 18.9 Å². The fourth-order valence-electron chi connectivity index (χ4n) is 8.28. The Bertz CT molecular complexity index is 1590. The summed E-state index contributed by atoms with van der Waals surface area (Å²) in [6.45, 7) is 4.67. The number of nitrogens with zero attached hydrogens (tertiary/aromatic N) is 3. The van der Waals surface area contributed by atoms with Gasteiger partial charge in [0, 0.05) is 23.6 Å². The van der Waals surface area contributed by atoms with E-state index in [1.54, 1.807) is 6.07 Å². The molecule has 10 rings (SSSR count). The Morgan fingerprint density at radius 1 is 0.907 bits per heavy atom. The molecule has 6 aliphatic carbocycles. The fourth-order valence-corrected chi connectivity index (χ4v) is 8.28. The lowest BCUT2D eigenvalue weighted by Crippen LogP contribution is -2.71. The summed E-state index contributed by atoms with van der Waals surface area (Å²) in [6, 6.07) is 12.3. The van der Waals surface area contributed by atoms with Crippen molar-refractivity contribution in [2.75, 3.05) is 11.4 Å². The molecule has 0 unspecified atom stereocenters. The van der Waals surface area contributed by atoms with Gasteiger partial charge in [-0.25, -0.2) is 4.39 Å². The first-order chi connectivity index (χ1) is 20.4. The van der Waals surface area contributed by atoms with Gasteiger partial charge in [-0.1, -0.05) is 37.2 Å². The number of fused-ring (bicyclic) bond motifs is 4. The van der Waals surface area contributed by atoms with Crippen molar-refractivity contribution in [1.29, 1.82) is 0 Å². The zero-order chi connectivity index (χ0) is 29.8. The molecular formula is C33H34F3N3O4. The number of rotatable bonds is 7. The summed E-state index contributed by atoms with van der Waals surface area (Å²) >= 11 is 0. The van der Waals surface area contributed by atoms with Crippen molar-refractivity contribution in [3.63, 3.8) is 0 Å². The first kappa shape index (κ1) is 27.0. The Morgan fingerprint density at radius 3 is 2.23 bits per heavy atom. The number of aromatic nitrogens is 2. The Labute approximate surface area is 247 Å². The average molecular weight is 594 g/mol. The maximum Gasteiger partial charge on any atom is 0.586 e. The monoisotopic (exact) mass is 593 g/mol. The molecule has 0 radical (unpaired) electrons. The number of ether oxygens (including phenoxy) is 2. The highest BCUT2D eigenvalue weighted by Gasteiger charge is 2.73. The van der Waals surface area contributed by atoms with Gasteiger partial charge in [-0.15, -0.1) is 8.78 Å². The van der Waals surface area contributed by atoms with E-state index in [0.717, 1.165) is 61.5 Å². The van der Waals surface area contributed by atoms with E-state index in [2.05, 4.69) is 28.5 Å². The molecule has 6 saturated carbocycles. The molecule has 1 aromatic heterocycles. The van der Waals surface area contributed by atoms with Crippen LogP contribution in [0.15, 0.2) is 47.0 Å². The molecule has 1 amide bonds. The molecule has 6 fully saturated rings. The van der Waals surface area contributed by atoms with Crippen molar-refractivity contribution in [1.82, 2.24) is 10.1 Å². The molecule has 10 heteroatoms. The van der Waals surface area contributed by atoms with Gasteiger partial charge in [0.1, 0.15) is 5.67 Å². The molecule has 0 saturated heterocycles. The highest BCUT2D eigenvalue weighted by atomic mass is 19.3. The molecule has 1 aliphatic heterocycles. The highest BCUT2D eigenvalue weighted by molar-refractivity contribution is 6.00. The maximum atomic E-state index is 14.6. The first-order valence-corrected chi connectivity index (χ1v) is 15.3. The molecule has 226 valence electrons. The molecule has 0 atom stereocenters. The van der Waals surface area contributed by atoms with Crippen LogP contribution in [0.1, 0.15) is 89.3 Å². The molecule has 7 nitrogen and oxygen atoms in total. The number of carbonyl (C=O) groups is 1. The van der Waals surface area contributed by atoms with Crippen LogP contribution in [0.3, 0.4) is 0 Å². The van der Waals surface area contributed by atoms with Gasteiger partial charge >= 0.3 is 6.29 Å². The minimum atomic E-state index is -3.69. The van der Waals surface area contributed by atoms with Crippen LogP contribution < -0.4 is 14.4 Å². The van der Waals surface area contributed by atoms with E-state index in [0.29, 0.717) is 12.1 Å². The lowest BCUT2D eigenvalue weighted by molar-refractivity contribution is -0.286. The Balaban J connectivity index is 1.08. The molecule has 43 heavy (non-hydrogen) atoms. The molecule has 3 aromatic rings. The average Bonchev–Trinajstić information content (AvgIpc) is 3.58. The zero-order valence-electron chi connectivity index (χ0n) is 24.3. The Morgan fingerprint density at radius 2 is 1.58 bits per heavy atom. The van der Waals surface area contributed by atoms with E-state index >= 15 is 0 Å². The fraction of sp³-hybridized carbons (Fsp3) is 0.545. The van der Waals surface area contributed by atoms with Gasteiger partial charge in [0.25, 0.3) is 0 Å². The van der Waals surface area contributed by atoms with Gasteiger partial charge in [-0.05, 0) is 98.6 Å². The number of carbonyl (C=O) groups excluding carboxylic acids is 1. The topological polar surface area (TPSA) is 77.7 Å². The van der Waals surface area contributed by atoms with E-state index in [4.69, 9.17) is 9.51 Å². The molecule has 2 heterocycles. The minimum absolute atomic E-state index is 0.00948. The van der Waals surface area contributed by atoms with Crippen molar-refractivity contribution < 1.29 is 32.0 Å². The maximum absolute atomic E-state index is 14.6. The first-order valence-electron chi connectivity index (χ1n) is 15.3. The molecule has 2 aromatic carbocycles. The normalized spacial score (nSPS) is 32.8. The Hall–Kier alpha value is -3.56. The number of amides is 1. The van der Waals surface area contributed by atoms with Crippen molar-refractivity contribution in [2.45, 2.75) is 94.9 Å². The summed E-state index contributed by atoms with van der Waals surface area (Å²) in [7, 11) is 0. The lowest BCUT2D eigenvalue weighted by Gasteiger charge is -2.65. The molecule has 0 spiro atoms. The van der Waals surface area contributed by atoms with Gasteiger partial charge in [0.05, 0.1) is 5.41 Å². The number of hydrogen-bond donors (Lipinski definition) is 0. The second-order valence-electron chi connectivity index (χ2n) is 14.1. The quantitative estimate of drug-likeness (QED) is 0.279. The standard InChI is InChI=1S/C33H34F3N3O4/c1-20(2)26-37-27(43-38-26)30-11-8-29(9-12-30,10-13-30)19-39(28(40)31-16-32(34,17-31)18-31)23-5-3-4-21(14-23)22-6-7-24-25(15-22)42-33(35,36)41-24/h3-7,14-15,20H,8-13,16-19H2,1-2H3. The van der Waals surface area contributed by atoms with Crippen LogP contribution in [-0.4, -0.2) is 34.6 Å². The molecule has 0 N–H and O–H groups in total. The lowest BCUT2D eigenvalue weighted by atomic mass is 9.41. The van der Waals surface area contributed by atoms with Crippen molar-refractivity contribution in [3.8, 4) is 22.6 Å². The van der Waals surface area contributed by atoms with Crippen LogP contribution in [-0.2, 0) is 10.2 Å². The smallest absolute Gasteiger partial charge is 0.395 e. The summed E-state index contributed by atoms with van der Waals surface area (Å²) in [5.41, 5.74) is 0.175. The third-order valence-electron chi connectivity index (χ3n) is 10.9. The predicted octanol–water partition coefficient (Wildman–Crippen LogP) is 7.70. The third kappa shape index (κ3) is 4.18. The van der Waals surface area contributed by atoms with E-state index in [9.17, 15) is 18.0 Å². The number of halogens is 3. The number of hydrogen-bond acceptors (Lipinski definition) is 6. The zero-order valence-corrected chi connectivity index (χ0v) is 24.3. The summed E-state index contributed by atoms with van der Waals surface area (Å²) in [5, 5.41) is 4.22. The van der Waals surface area contributed by atoms with E-state index < -0.39 is 17.4 Å². The largest absolute Gasteiger partial charge is 0.586 e. The van der Waals surface area contributed by atoms with Gasteiger partial charge in [-0.2, -0.15) is 4.98 Å². The molecular weight excluding hydrogens is 559 g/mol. The van der Waals surface area contributed by atoms with E-state index in [1.807, 2.05) is 29.2 Å². The van der Waals surface area contributed by atoms with Gasteiger partial charge in [0.15, 0.2) is 17.3 Å². The Kier molecular flexibility index (Phi) is 5.50. The van der Waals surface area contributed by atoms with Crippen LogP contribution in [0, 0.1) is 10.8 Å². The van der Waals surface area contributed by atoms with Gasteiger partial charge in [0.2, 0.25) is 11.8 Å². The summed E-state index contributed by atoms with van der Waals surface area (Å²) in [6.07, 6.45) is 2.76. The SMILES string of the molecule is CC(C)c1noc(C23CCC(CN(C(=O)C45CC(F)(C4)C5)c4cccc(-c5ccc6c(c5)OC(F)(F)O6)c4)(CC2)CC3)n1. The predicted molar refractivity (Wildman–Crippen MR) is 151 cm³/mol. The summed E-state index contributed by atoms with van der Waals surface area (Å²) < 4.78 is 56.8. The van der Waals surface area contributed by atoms with Gasteiger partial charge in [-0.3, -0.25) is 4.79 Å². The summed E-state index contributed by atoms with van der Waals surface area (Å²) in [5.74, 6) is 1.63. The van der Waals surface area contributed by atoms with Crippen LogP contribution in [0.25, 0.3) is 11.1 Å². The van der Waals surface area contributed by atoms with Crippen LogP contribution in [0.5, 0.6) is 11.5 Å². The summed E-state index contributed by atoms with van der Waals surface area (Å²) in [4.78, 5) is 20.9. The molecule has 4 bridgehead atoms. The van der Waals surface area contributed by atoms with Crippen molar-refractivity contribution >= 4 is 11.6 Å². The second kappa shape index (κ2) is 8.76. The number of alkyl halides is 3. The van der Waals surface area contributed by atoms with E-state index in [-0.39, 0.29) is 53.4 Å². The number of benzene rings is 2. The van der Waals surface area contributed by atoms with Crippen molar-refractivity contribution in [3.05, 3.63) is 54.2 Å². The van der Waals surface area contributed by atoms with Crippen LogP contribution in [0.2, 0.25) is 0 Å². The van der Waals surface area contributed by atoms with Crippen molar-refractivity contribution in [2.24, 2.45) is 10.8 Å². The molecule has 7 aliphatic rings. The van der Waals surface area contributed by atoms with E-state index in [1.165, 1.54) is 12.1 Å². The highest BCUT2D eigenvalue weighted by Crippen LogP contribution is 2.70. The van der Waals surface area contributed by atoms with Gasteiger partial charge < -0.3 is 18.9 Å². The second-order valence-corrected chi connectivity index (χ2v) is 14.1. The minimum Gasteiger partial charge on any atom is -0.395 e.